The second kappa shape index (κ2) is 7.84. The molecule has 0 bridgehead atoms. The number of nitrogens with one attached hydrogen (secondary N) is 2. The van der Waals surface area contributed by atoms with Crippen LogP contribution in [-0.4, -0.2) is 52.2 Å². The molecule has 2 amide bonds. The van der Waals surface area contributed by atoms with Crippen molar-refractivity contribution >= 4 is 23.2 Å². The maximum absolute atomic E-state index is 14.4. The van der Waals surface area contributed by atoms with E-state index < -0.39 is 17.6 Å². The van der Waals surface area contributed by atoms with Crippen molar-refractivity contribution in [2.45, 2.75) is 37.8 Å². The van der Waals surface area contributed by atoms with Crippen LogP contribution in [0, 0.1) is 5.82 Å². The van der Waals surface area contributed by atoms with E-state index in [2.05, 4.69) is 10.6 Å². The van der Waals surface area contributed by atoms with Crippen molar-refractivity contribution in [1.29, 1.82) is 0 Å². The van der Waals surface area contributed by atoms with Gasteiger partial charge in [0.1, 0.15) is 11.5 Å². The van der Waals surface area contributed by atoms with E-state index >= 15 is 0 Å². The zero-order chi connectivity index (χ0) is 18.7. The average molecular weight is 363 g/mol. The van der Waals surface area contributed by atoms with Crippen LogP contribution in [0.25, 0.3) is 0 Å². The van der Waals surface area contributed by atoms with Gasteiger partial charge in [-0.05, 0) is 37.8 Å². The number of rotatable bonds is 6. The Morgan fingerprint density at radius 3 is 2.62 bits per heavy atom. The Labute approximate surface area is 150 Å². The summed E-state index contributed by atoms with van der Waals surface area (Å²) in [5.74, 6) is -1.69. The Balaban J connectivity index is 1.77. The van der Waals surface area contributed by atoms with Gasteiger partial charge in [-0.2, -0.15) is 0 Å². The van der Waals surface area contributed by atoms with E-state index in [-0.39, 0.29) is 36.7 Å². The first kappa shape index (κ1) is 18.3. The highest BCUT2D eigenvalue weighted by atomic mass is 19.1. The van der Waals surface area contributed by atoms with Crippen molar-refractivity contribution in [3.63, 3.8) is 0 Å². The fourth-order valence-electron chi connectivity index (χ4n) is 3.26. The number of β-amino-alcohol motifs (C(OH)–C–C–N with tert-alkyl or cyclic N) is 1. The highest BCUT2D eigenvalue weighted by Gasteiger charge is 2.31. The van der Waals surface area contributed by atoms with Gasteiger partial charge in [0.2, 0.25) is 0 Å². The SMILES string of the molecule is O=C1C=C(Nc2c(F)cccc2NC2CCC(O)CC2)C(=O)N1CCO. The molecule has 1 heterocycles. The first-order valence-corrected chi connectivity index (χ1v) is 8.68. The van der Waals surface area contributed by atoms with Gasteiger partial charge in [-0.1, -0.05) is 6.07 Å². The maximum atomic E-state index is 14.4. The summed E-state index contributed by atoms with van der Waals surface area (Å²) in [5, 5.41) is 24.5. The highest BCUT2D eigenvalue weighted by Crippen LogP contribution is 2.31. The molecule has 0 aromatic heterocycles. The predicted molar refractivity (Wildman–Crippen MR) is 93.8 cm³/mol. The molecule has 0 saturated heterocycles. The minimum atomic E-state index is -0.598. The summed E-state index contributed by atoms with van der Waals surface area (Å²) in [5.41, 5.74) is 0.556. The van der Waals surface area contributed by atoms with Crippen LogP contribution in [-0.2, 0) is 9.59 Å². The van der Waals surface area contributed by atoms with Gasteiger partial charge in [0, 0.05) is 12.1 Å². The Hall–Kier alpha value is -2.45. The van der Waals surface area contributed by atoms with Crippen molar-refractivity contribution in [3.05, 3.63) is 35.8 Å². The summed E-state index contributed by atoms with van der Waals surface area (Å²) in [6.07, 6.45) is 3.71. The van der Waals surface area contributed by atoms with Crippen LogP contribution in [0.5, 0.6) is 0 Å². The van der Waals surface area contributed by atoms with Crippen LogP contribution in [0.1, 0.15) is 25.7 Å². The number of anilines is 2. The second-order valence-corrected chi connectivity index (χ2v) is 6.51. The van der Waals surface area contributed by atoms with Crippen LogP contribution in [0.3, 0.4) is 0 Å². The normalized spacial score (nSPS) is 23.2. The van der Waals surface area contributed by atoms with E-state index in [9.17, 15) is 19.1 Å². The molecule has 1 fully saturated rings. The average Bonchev–Trinajstić information content (AvgIpc) is 2.88. The van der Waals surface area contributed by atoms with E-state index in [4.69, 9.17) is 5.11 Å². The molecule has 4 N–H and O–H groups in total. The number of aliphatic hydroxyl groups is 2. The van der Waals surface area contributed by atoms with Crippen LogP contribution in [0.4, 0.5) is 15.8 Å². The van der Waals surface area contributed by atoms with E-state index in [1.54, 1.807) is 12.1 Å². The van der Waals surface area contributed by atoms with Crippen LogP contribution in [0.15, 0.2) is 30.0 Å². The fraction of sp³-hybridized carbons (Fsp3) is 0.444. The molecule has 2 aliphatic rings. The van der Waals surface area contributed by atoms with Crippen molar-refractivity contribution < 1.29 is 24.2 Å². The summed E-state index contributed by atoms with van der Waals surface area (Å²) in [4.78, 5) is 25.0. The number of halogens is 1. The Bertz CT molecular complexity index is 729. The number of benzene rings is 1. The summed E-state index contributed by atoms with van der Waals surface area (Å²) >= 11 is 0. The molecule has 1 saturated carbocycles. The molecule has 0 radical (unpaired) electrons. The molecule has 1 aliphatic heterocycles. The van der Waals surface area contributed by atoms with Crippen LogP contribution in [0.2, 0.25) is 0 Å². The molecule has 0 unspecified atom stereocenters. The Morgan fingerprint density at radius 1 is 1.19 bits per heavy atom. The first-order chi connectivity index (χ1) is 12.5. The number of amides is 2. The third kappa shape index (κ3) is 3.86. The second-order valence-electron chi connectivity index (χ2n) is 6.51. The van der Waals surface area contributed by atoms with Gasteiger partial charge in [-0.25, -0.2) is 4.39 Å². The molecule has 140 valence electrons. The summed E-state index contributed by atoms with van der Waals surface area (Å²) in [6.45, 7) is -0.440. The molecule has 8 heteroatoms. The number of aliphatic hydroxyl groups excluding tert-OH is 2. The van der Waals surface area contributed by atoms with Crippen LogP contribution < -0.4 is 10.6 Å². The molecule has 0 atom stereocenters. The molecule has 0 spiro atoms. The Morgan fingerprint density at radius 2 is 1.92 bits per heavy atom. The summed E-state index contributed by atoms with van der Waals surface area (Å²) in [6, 6.07) is 4.63. The zero-order valence-electron chi connectivity index (χ0n) is 14.2. The predicted octanol–water partition coefficient (Wildman–Crippen LogP) is 1.20. The molecule has 3 rings (SSSR count). The van der Waals surface area contributed by atoms with Gasteiger partial charge in [-0.3, -0.25) is 14.5 Å². The summed E-state index contributed by atoms with van der Waals surface area (Å²) in [7, 11) is 0. The topological polar surface area (TPSA) is 102 Å². The number of para-hydroxylation sites is 1. The van der Waals surface area contributed by atoms with Crippen molar-refractivity contribution in [3.8, 4) is 0 Å². The number of nitrogens with zero attached hydrogens (tertiary/aromatic N) is 1. The maximum Gasteiger partial charge on any atom is 0.277 e. The van der Waals surface area contributed by atoms with Crippen molar-refractivity contribution in [2.75, 3.05) is 23.8 Å². The monoisotopic (exact) mass is 363 g/mol. The summed E-state index contributed by atoms with van der Waals surface area (Å²) < 4.78 is 14.4. The minimum absolute atomic E-state index is 0.0318. The van der Waals surface area contributed by atoms with Gasteiger partial charge in [0.05, 0.1) is 30.6 Å². The lowest BCUT2D eigenvalue weighted by atomic mass is 9.93. The van der Waals surface area contributed by atoms with Gasteiger partial charge in [0.25, 0.3) is 11.8 Å². The lowest BCUT2D eigenvalue weighted by Gasteiger charge is -2.28. The molecule has 1 aliphatic carbocycles. The molecule has 7 nitrogen and oxygen atoms in total. The van der Waals surface area contributed by atoms with Gasteiger partial charge < -0.3 is 20.8 Å². The molecule has 26 heavy (non-hydrogen) atoms. The lowest BCUT2D eigenvalue weighted by Crippen LogP contribution is -2.34. The molecule has 1 aromatic carbocycles. The lowest BCUT2D eigenvalue weighted by molar-refractivity contribution is -0.137. The number of imide groups is 1. The minimum Gasteiger partial charge on any atom is -0.395 e. The van der Waals surface area contributed by atoms with Gasteiger partial charge >= 0.3 is 0 Å². The third-order valence-electron chi connectivity index (χ3n) is 4.66. The quantitative estimate of drug-likeness (QED) is 0.567. The van der Waals surface area contributed by atoms with Gasteiger partial charge in [0.15, 0.2) is 0 Å². The molecule has 1 aromatic rings. The number of carbonyl (C=O) groups is 2. The van der Waals surface area contributed by atoms with Crippen molar-refractivity contribution in [2.24, 2.45) is 0 Å². The van der Waals surface area contributed by atoms with E-state index in [0.717, 1.165) is 23.8 Å². The first-order valence-electron chi connectivity index (χ1n) is 8.68. The smallest absolute Gasteiger partial charge is 0.277 e. The van der Waals surface area contributed by atoms with Gasteiger partial charge in [-0.15, -0.1) is 0 Å². The number of carbonyl (C=O) groups excluding carboxylic acids is 2. The Kier molecular flexibility index (Phi) is 5.53. The third-order valence-corrected chi connectivity index (χ3v) is 4.66. The highest BCUT2D eigenvalue weighted by molar-refractivity contribution is 6.17. The standard InChI is InChI=1S/C18H22FN3O4/c19-13-2-1-3-14(20-11-4-6-12(24)7-5-11)17(13)21-15-10-16(25)22(8-9-23)18(15)26/h1-3,10-12,20-21,23-24H,4-9H2. The fourth-order valence-corrected chi connectivity index (χ4v) is 3.26. The molecular weight excluding hydrogens is 341 g/mol. The zero-order valence-corrected chi connectivity index (χ0v) is 14.2. The molecular formula is C18H22FN3O4. The van der Waals surface area contributed by atoms with Crippen LogP contribution >= 0.6 is 0 Å². The number of hydrogen-bond donors (Lipinski definition) is 4. The number of hydrogen-bond acceptors (Lipinski definition) is 6. The van der Waals surface area contributed by atoms with E-state index in [0.29, 0.717) is 18.5 Å². The van der Waals surface area contributed by atoms with E-state index in [1.165, 1.54) is 6.07 Å². The van der Waals surface area contributed by atoms with Crippen molar-refractivity contribution in [1.82, 2.24) is 4.90 Å². The largest absolute Gasteiger partial charge is 0.395 e. The van der Waals surface area contributed by atoms with E-state index in [1.807, 2.05) is 0 Å².